The smallest absolute Gasteiger partial charge is 0.229 e. The quantitative estimate of drug-likeness (QED) is 0.555. The highest BCUT2D eigenvalue weighted by atomic mass is 35.5. The number of likely N-dealkylation sites (tertiary alicyclic amines) is 1. The number of piperidine rings is 1. The summed E-state index contributed by atoms with van der Waals surface area (Å²) in [7, 11) is 2.16. The van der Waals surface area contributed by atoms with Gasteiger partial charge in [0, 0.05) is 11.7 Å². The molecule has 4 atom stereocenters. The number of nitrogens with one attached hydrogen (secondary N) is 2. The molecule has 0 spiro atoms. The number of allylic oxidation sites excluding steroid dienone is 1. The summed E-state index contributed by atoms with van der Waals surface area (Å²) in [4.78, 5) is 22.7. The van der Waals surface area contributed by atoms with Crippen molar-refractivity contribution in [3.8, 4) is 0 Å². The summed E-state index contributed by atoms with van der Waals surface area (Å²) in [5.74, 6) is -0.0381. The lowest BCUT2D eigenvalue weighted by Gasteiger charge is -2.29. The van der Waals surface area contributed by atoms with Gasteiger partial charge in [-0.3, -0.25) is 4.79 Å². The van der Waals surface area contributed by atoms with Crippen LogP contribution >= 0.6 is 12.4 Å². The van der Waals surface area contributed by atoms with E-state index in [-0.39, 0.29) is 47.9 Å². The van der Waals surface area contributed by atoms with Crippen molar-refractivity contribution in [3.63, 3.8) is 0 Å². The SMILES string of the molecule is CN1CCC(c2ccc(Nc3ncc(F)c(N[C@H]4[C@@H](C(N)=O)[C@@H]5C=C[C@H]4C5)n3)cc2)CC1.Cl. The van der Waals surface area contributed by atoms with Crippen molar-refractivity contribution in [3.05, 3.63) is 54.0 Å². The average molecular weight is 473 g/mol. The van der Waals surface area contributed by atoms with E-state index in [1.165, 1.54) is 18.4 Å². The van der Waals surface area contributed by atoms with E-state index in [0.717, 1.165) is 31.4 Å². The second-order valence-electron chi connectivity index (χ2n) is 9.26. The van der Waals surface area contributed by atoms with Gasteiger partial charge in [-0.25, -0.2) is 9.37 Å². The first-order valence-corrected chi connectivity index (χ1v) is 11.3. The zero-order chi connectivity index (χ0) is 22.2. The lowest BCUT2D eigenvalue weighted by Crippen LogP contribution is -2.41. The van der Waals surface area contributed by atoms with Crippen LogP contribution in [0.15, 0.2) is 42.6 Å². The Labute approximate surface area is 199 Å². The molecule has 0 unspecified atom stereocenters. The molecule has 5 rings (SSSR count). The molecule has 176 valence electrons. The molecular formula is C24H30ClFN6O. The molecular weight excluding hydrogens is 443 g/mol. The molecule has 0 radical (unpaired) electrons. The van der Waals surface area contributed by atoms with Crippen molar-refractivity contribution in [1.82, 2.24) is 14.9 Å². The minimum Gasteiger partial charge on any atom is -0.369 e. The van der Waals surface area contributed by atoms with Gasteiger partial charge in [0.2, 0.25) is 11.9 Å². The molecule has 1 aromatic heterocycles. The molecule has 9 heteroatoms. The number of rotatable bonds is 6. The number of fused-ring (bicyclic) bond motifs is 2. The Morgan fingerprint density at radius 3 is 2.55 bits per heavy atom. The van der Waals surface area contributed by atoms with Crippen LogP contribution in [0.4, 0.5) is 21.8 Å². The van der Waals surface area contributed by atoms with E-state index in [2.05, 4.69) is 50.8 Å². The summed E-state index contributed by atoms with van der Waals surface area (Å²) >= 11 is 0. The molecule has 7 nitrogen and oxygen atoms in total. The van der Waals surface area contributed by atoms with Gasteiger partial charge in [0.15, 0.2) is 11.6 Å². The number of benzene rings is 1. The van der Waals surface area contributed by atoms with Gasteiger partial charge in [0.05, 0.1) is 12.1 Å². The molecule has 1 aromatic carbocycles. The van der Waals surface area contributed by atoms with Crippen molar-refractivity contribution in [2.24, 2.45) is 23.5 Å². The molecule has 1 saturated heterocycles. The molecule has 2 heterocycles. The summed E-state index contributed by atoms with van der Waals surface area (Å²) in [6, 6.07) is 8.04. The molecule has 1 aliphatic heterocycles. The van der Waals surface area contributed by atoms with E-state index >= 15 is 0 Å². The number of aromatic nitrogens is 2. The fraction of sp³-hybridized carbons (Fsp3) is 0.458. The van der Waals surface area contributed by atoms with Crippen molar-refractivity contribution in [1.29, 1.82) is 0 Å². The lowest BCUT2D eigenvalue weighted by molar-refractivity contribution is -0.122. The van der Waals surface area contributed by atoms with Gasteiger partial charge < -0.3 is 21.3 Å². The van der Waals surface area contributed by atoms with Crippen LogP contribution in [0.2, 0.25) is 0 Å². The fourth-order valence-corrected chi connectivity index (χ4v) is 5.40. The summed E-state index contributed by atoms with van der Waals surface area (Å²) < 4.78 is 14.5. The summed E-state index contributed by atoms with van der Waals surface area (Å²) in [6.07, 6.45) is 8.45. The highest BCUT2D eigenvalue weighted by molar-refractivity contribution is 5.85. The van der Waals surface area contributed by atoms with Crippen LogP contribution in [-0.4, -0.2) is 47.0 Å². The maximum atomic E-state index is 14.5. The predicted molar refractivity (Wildman–Crippen MR) is 129 cm³/mol. The molecule has 3 aliphatic rings. The Morgan fingerprint density at radius 1 is 1.15 bits per heavy atom. The Morgan fingerprint density at radius 2 is 1.85 bits per heavy atom. The van der Waals surface area contributed by atoms with E-state index in [4.69, 9.17) is 5.73 Å². The number of nitrogens with zero attached hydrogens (tertiary/aromatic N) is 3. The molecule has 2 aliphatic carbocycles. The molecule has 2 aromatic rings. The van der Waals surface area contributed by atoms with Gasteiger partial charge in [-0.15, -0.1) is 12.4 Å². The van der Waals surface area contributed by atoms with E-state index in [9.17, 15) is 9.18 Å². The number of nitrogens with two attached hydrogens (primary N) is 1. The van der Waals surface area contributed by atoms with Gasteiger partial charge in [-0.2, -0.15) is 4.98 Å². The normalized spacial score (nSPS) is 26.7. The molecule has 1 saturated carbocycles. The number of amides is 1. The van der Waals surface area contributed by atoms with Crippen molar-refractivity contribution >= 4 is 35.8 Å². The topological polar surface area (TPSA) is 96.2 Å². The van der Waals surface area contributed by atoms with E-state index in [1.54, 1.807) is 0 Å². The Hall–Kier alpha value is -2.71. The molecule has 2 bridgehead atoms. The number of hydrogen-bond acceptors (Lipinski definition) is 6. The summed E-state index contributed by atoms with van der Waals surface area (Å²) in [5, 5.41) is 6.29. The zero-order valence-electron chi connectivity index (χ0n) is 18.6. The highest BCUT2D eigenvalue weighted by Gasteiger charge is 2.47. The van der Waals surface area contributed by atoms with Gasteiger partial charge in [0.25, 0.3) is 0 Å². The van der Waals surface area contributed by atoms with Gasteiger partial charge >= 0.3 is 0 Å². The van der Waals surface area contributed by atoms with Crippen LogP contribution in [0.3, 0.4) is 0 Å². The molecule has 4 N–H and O–H groups in total. The van der Waals surface area contributed by atoms with Crippen molar-refractivity contribution < 1.29 is 9.18 Å². The molecule has 1 amide bonds. The van der Waals surface area contributed by atoms with Crippen LogP contribution < -0.4 is 16.4 Å². The van der Waals surface area contributed by atoms with Crippen LogP contribution in [0.25, 0.3) is 0 Å². The third-order valence-corrected chi connectivity index (χ3v) is 7.19. The number of anilines is 3. The third-order valence-electron chi connectivity index (χ3n) is 7.19. The first kappa shape index (κ1) is 23.4. The Bertz CT molecular complexity index is 1020. The molecule has 2 fully saturated rings. The minimum atomic E-state index is -0.553. The zero-order valence-corrected chi connectivity index (χ0v) is 19.4. The maximum absolute atomic E-state index is 14.5. The second kappa shape index (κ2) is 9.65. The minimum absolute atomic E-state index is 0. The summed E-state index contributed by atoms with van der Waals surface area (Å²) in [6.45, 7) is 2.25. The van der Waals surface area contributed by atoms with Gasteiger partial charge in [-0.1, -0.05) is 24.3 Å². The van der Waals surface area contributed by atoms with Gasteiger partial charge in [0.1, 0.15) is 0 Å². The van der Waals surface area contributed by atoms with Crippen LogP contribution in [0.5, 0.6) is 0 Å². The van der Waals surface area contributed by atoms with E-state index in [0.29, 0.717) is 11.9 Å². The fourth-order valence-electron chi connectivity index (χ4n) is 5.40. The van der Waals surface area contributed by atoms with Crippen molar-refractivity contribution in [2.45, 2.75) is 31.2 Å². The number of carbonyl (C=O) groups excluding carboxylic acids is 1. The largest absolute Gasteiger partial charge is 0.369 e. The average Bonchev–Trinajstić information content (AvgIpc) is 3.39. The van der Waals surface area contributed by atoms with Gasteiger partial charge in [-0.05, 0) is 74.8 Å². The monoisotopic (exact) mass is 472 g/mol. The number of primary amides is 1. The number of carbonyl (C=O) groups is 1. The maximum Gasteiger partial charge on any atom is 0.229 e. The predicted octanol–water partition coefficient (Wildman–Crippen LogP) is 3.68. The summed E-state index contributed by atoms with van der Waals surface area (Å²) in [5.41, 5.74) is 7.80. The highest BCUT2D eigenvalue weighted by Crippen LogP contribution is 2.45. The second-order valence-corrected chi connectivity index (χ2v) is 9.26. The lowest BCUT2D eigenvalue weighted by atomic mass is 9.88. The van der Waals surface area contributed by atoms with E-state index in [1.807, 2.05) is 18.2 Å². The first-order chi connectivity index (χ1) is 15.5. The standard InChI is InChI=1S/C24H29FN6O.ClH/c1-31-10-8-15(9-11-31)14-4-6-18(7-5-14)28-24-27-13-19(25)23(30-24)29-21-17-3-2-16(12-17)20(21)22(26)32;/h2-7,13,15-17,20-21H,8-12H2,1H3,(H2,26,32)(H2,27,28,29,30);1H/t16-,17+,20+,21-;/m1./s1. The number of hydrogen-bond donors (Lipinski definition) is 3. The Balaban J connectivity index is 0.00000259. The van der Waals surface area contributed by atoms with E-state index < -0.39 is 5.82 Å². The van der Waals surface area contributed by atoms with Crippen LogP contribution in [-0.2, 0) is 4.79 Å². The number of halogens is 2. The Kier molecular flexibility index (Phi) is 6.86. The molecule has 33 heavy (non-hydrogen) atoms. The van der Waals surface area contributed by atoms with Crippen LogP contribution in [0, 0.1) is 23.6 Å². The first-order valence-electron chi connectivity index (χ1n) is 11.3. The third kappa shape index (κ3) is 4.82. The van der Waals surface area contributed by atoms with Crippen LogP contribution in [0.1, 0.15) is 30.7 Å². The van der Waals surface area contributed by atoms with Crippen molar-refractivity contribution in [2.75, 3.05) is 30.8 Å².